The van der Waals surface area contributed by atoms with Crippen LogP contribution in [0.5, 0.6) is 11.5 Å². The van der Waals surface area contributed by atoms with Gasteiger partial charge in [-0.15, -0.1) is 10.2 Å². The molecule has 0 bridgehead atoms. The largest absolute Gasteiger partial charge is 0.454 e. The predicted molar refractivity (Wildman–Crippen MR) is 103 cm³/mol. The van der Waals surface area contributed by atoms with Crippen LogP contribution in [0.4, 0.5) is 10.8 Å². The summed E-state index contributed by atoms with van der Waals surface area (Å²) in [5.74, 6) is 0.964. The normalized spacial score (nSPS) is 14.9. The van der Waals surface area contributed by atoms with Crippen LogP contribution in [-0.4, -0.2) is 40.6 Å². The zero-order valence-electron chi connectivity index (χ0n) is 14.2. The number of rotatable bonds is 6. The number of amides is 2. The van der Waals surface area contributed by atoms with Crippen molar-refractivity contribution in [3.63, 3.8) is 0 Å². The first-order valence-electron chi connectivity index (χ1n) is 8.16. The summed E-state index contributed by atoms with van der Waals surface area (Å²) >= 11 is 8.72. The van der Waals surface area contributed by atoms with E-state index in [0.717, 1.165) is 12.8 Å². The lowest BCUT2D eigenvalue weighted by Crippen LogP contribution is -2.30. The highest BCUT2D eigenvalue weighted by atomic mass is 35.5. The first-order chi connectivity index (χ1) is 13.0. The third kappa shape index (κ3) is 4.12. The Morgan fingerprint density at radius 1 is 1.33 bits per heavy atom. The zero-order valence-corrected chi connectivity index (χ0v) is 16.6. The second-order valence-corrected chi connectivity index (χ2v) is 8.58. The molecule has 2 aromatic rings. The molecule has 11 heteroatoms. The zero-order chi connectivity index (χ0) is 19.0. The summed E-state index contributed by atoms with van der Waals surface area (Å²) in [5, 5.41) is 11.9. The van der Waals surface area contributed by atoms with Crippen molar-refractivity contribution in [3.8, 4) is 11.5 Å². The number of fused-ring (bicyclic) bond motifs is 1. The number of carbonyl (C=O) groups excluding carboxylic acids is 2. The molecule has 2 amide bonds. The molecule has 1 N–H and O–H groups in total. The Bertz CT molecular complexity index is 903. The maximum absolute atomic E-state index is 12.2. The lowest BCUT2D eigenvalue weighted by molar-refractivity contribution is -0.116. The van der Waals surface area contributed by atoms with E-state index in [4.69, 9.17) is 21.1 Å². The molecule has 4 rings (SSSR count). The molecular formula is C16H15ClN4O4S2. The first kappa shape index (κ1) is 18.3. The molecule has 1 saturated carbocycles. The Hall–Kier alpha value is -2.04. The van der Waals surface area contributed by atoms with E-state index in [2.05, 4.69) is 15.5 Å². The fraction of sp³-hybridized carbons (Fsp3) is 0.375. The number of aromatic nitrogens is 2. The number of hydrogen-bond acceptors (Lipinski definition) is 8. The van der Waals surface area contributed by atoms with Crippen LogP contribution in [0.2, 0.25) is 5.02 Å². The summed E-state index contributed by atoms with van der Waals surface area (Å²) in [7, 11) is 0. The number of thioether (sulfide) groups is 1. The van der Waals surface area contributed by atoms with Crippen LogP contribution < -0.4 is 19.7 Å². The van der Waals surface area contributed by atoms with Gasteiger partial charge in [-0.3, -0.25) is 14.5 Å². The average Bonchev–Trinajstić information content (AvgIpc) is 3.15. The van der Waals surface area contributed by atoms with Crippen molar-refractivity contribution in [1.29, 1.82) is 0 Å². The Morgan fingerprint density at radius 2 is 2.07 bits per heavy atom. The molecule has 0 saturated heterocycles. The van der Waals surface area contributed by atoms with Crippen molar-refractivity contribution >= 4 is 57.3 Å². The van der Waals surface area contributed by atoms with Crippen LogP contribution in [0.15, 0.2) is 16.5 Å². The SMILES string of the molecule is CC(=O)N(c1nnc(SCC(=O)Nc2cc3c(cc2Cl)OCO3)s1)C1CC1. The van der Waals surface area contributed by atoms with Crippen molar-refractivity contribution in [3.05, 3.63) is 17.2 Å². The Kier molecular flexibility index (Phi) is 5.11. The number of anilines is 2. The molecule has 0 unspecified atom stereocenters. The Labute approximate surface area is 168 Å². The lowest BCUT2D eigenvalue weighted by atomic mass is 10.2. The van der Waals surface area contributed by atoms with Crippen LogP contribution in [-0.2, 0) is 9.59 Å². The van der Waals surface area contributed by atoms with E-state index in [1.54, 1.807) is 17.0 Å². The van der Waals surface area contributed by atoms with Gasteiger partial charge in [-0.1, -0.05) is 34.7 Å². The number of ether oxygens (including phenoxy) is 2. The van der Waals surface area contributed by atoms with E-state index in [9.17, 15) is 9.59 Å². The smallest absolute Gasteiger partial charge is 0.234 e. The van der Waals surface area contributed by atoms with Gasteiger partial charge >= 0.3 is 0 Å². The lowest BCUT2D eigenvalue weighted by Gasteiger charge is -2.15. The molecule has 2 heterocycles. The van der Waals surface area contributed by atoms with Gasteiger partial charge in [-0.2, -0.15) is 0 Å². The highest BCUT2D eigenvalue weighted by Crippen LogP contribution is 2.39. The van der Waals surface area contributed by atoms with Gasteiger partial charge in [-0.25, -0.2) is 0 Å². The quantitative estimate of drug-likeness (QED) is 0.560. The summed E-state index contributed by atoms with van der Waals surface area (Å²) in [6, 6.07) is 3.47. The standard InChI is InChI=1S/C16H15ClN4O4S2/c1-8(22)21(9-2-3-9)15-19-20-16(27-15)26-6-14(23)18-11-5-13-12(4-10(11)17)24-7-25-13/h4-5,9H,2-3,6-7H2,1H3,(H,18,23). The van der Waals surface area contributed by atoms with E-state index < -0.39 is 0 Å². The molecule has 142 valence electrons. The molecule has 1 aliphatic carbocycles. The molecule has 27 heavy (non-hydrogen) atoms. The molecule has 0 spiro atoms. The molecule has 0 radical (unpaired) electrons. The van der Waals surface area contributed by atoms with Crippen LogP contribution >= 0.6 is 34.7 Å². The van der Waals surface area contributed by atoms with Gasteiger partial charge < -0.3 is 14.8 Å². The van der Waals surface area contributed by atoms with Gasteiger partial charge in [0.25, 0.3) is 0 Å². The van der Waals surface area contributed by atoms with Gasteiger partial charge in [0, 0.05) is 25.1 Å². The van der Waals surface area contributed by atoms with Crippen LogP contribution in [0.25, 0.3) is 0 Å². The highest BCUT2D eigenvalue weighted by Gasteiger charge is 2.34. The summed E-state index contributed by atoms with van der Waals surface area (Å²) in [6.07, 6.45) is 1.97. The Balaban J connectivity index is 1.35. The monoisotopic (exact) mass is 426 g/mol. The first-order valence-corrected chi connectivity index (χ1v) is 10.3. The maximum Gasteiger partial charge on any atom is 0.234 e. The highest BCUT2D eigenvalue weighted by molar-refractivity contribution is 8.01. The van der Waals surface area contributed by atoms with Gasteiger partial charge in [0.05, 0.1) is 16.5 Å². The minimum atomic E-state index is -0.233. The minimum Gasteiger partial charge on any atom is -0.454 e. The van der Waals surface area contributed by atoms with Crippen LogP contribution in [0.3, 0.4) is 0 Å². The van der Waals surface area contributed by atoms with Gasteiger partial charge in [0.2, 0.25) is 23.7 Å². The molecule has 0 atom stereocenters. The molecule has 1 aromatic carbocycles. The molecular weight excluding hydrogens is 412 g/mol. The summed E-state index contributed by atoms with van der Waals surface area (Å²) in [4.78, 5) is 25.7. The molecule has 8 nitrogen and oxygen atoms in total. The fourth-order valence-corrected chi connectivity index (χ4v) is 4.52. The summed E-state index contributed by atoms with van der Waals surface area (Å²) in [6.45, 7) is 1.66. The van der Waals surface area contributed by atoms with Gasteiger partial charge in [0.15, 0.2) is 15.8 Å². The van der Waals surface area contributed by atoms with Gasteiger partial charge in [-0.05, 0) is 12.8 Å². The number of halogens is 1. The van der Waals surface area contributed by atoms with Crippen molar-refractivity contribution < 1.29 is 19.1 Å². The van der Waals surface area contributed by atoms with E-state index in [0.29, 0.717) is 31.7 Å². The summed E-state index contributed by atoms with van der Waals surface area (Å²) in [5.41, 5.74) is 0.459. The van der Waals surface area contributed by atoms with Crippen molar-refractivity contribution in [2.75, 3.05) is 22.8 Å². The topological polar surface area (TPSA) is 93.7 Å². The molecule has 1 fully saturated rings. The Morgan fingerprint density at radius 3 is 2.78 bits per heavy atom. The fourth-order valence-electron chi connectivity index (χ4n) is 2.57. The predicted octanol–water partition coefficient (Wildman–Crippen LogP) is 3.17. The van der Waals surface area contributed by atoms with Crippen molar-refractivity contribution in [2.24, 2.45) is 0 Å². The molecule has 1 aliphatic heterocycles. The number of nitrogens with zero attached hydrogens (tertiary/aromatic N) is 3. The van der Waals surface area contributed by atoms with Crippen LogP contribution in [0, 0.1) is 0 Å². The van der Waals surface area contributed by atoms with E-state index in [1.165, 1.54) is 30.0 Å². The van der Waals surface area contributed by atoms with E-state index in [-0.39, 0.29) is 30.4 Å². The molecule has 2 aliphatic rings. The average molecular weight is 427 g/mol. The minimum absolute atomic E-state index is 0.0413. The number of carbonyl (C=O) groups is 2. The molecule has 1 aromatic heterocycles. The van der Waals surface area contributed by atoms with E-state index in [1.807, 2.05) is 0 Å². The number of hydrogen-bond donors (Lipinski definition) is 1. The number of nitrogens with one attached hydrogen (secondary N) is 1. The summed E-state index contributed by atoms with van der Waals surface area (Å²) < 4.78 is 11.2. The van der Waals surface area contributed by atoms with Gasteiger partial charge in [0.1, 0.15) is 0 Å². The number of benzene rings is 1. The van der Waals surface area contributed by atoms with Crippen LogP contribution in [0.1, 0.15) is 19.8 Å². The maximum atomic E-state index is 12.2. The third-order valence-electron chi connectivity index (χ3n) is 3.92. The van der Waals surface area contributed by atoms with Crippen molar-refractivity contribution in [2.45, 2.75) is 30.1 Å². The second kappa shape index (κ2) is 7.53. The van der Waals surface area contributed by atoms with Crippen molar-refractivity contribution in [1.82, 2.24) is 10.2 Å². The van der Waals surface area contributed by atoms with E-state index >= 15 is 0 Å². The second-order valence-electron chi connectivity index (χ2n) is 5.99. The third-order valence-corrected chi connectivity index (χ3v) is 6.28.